The lowest BCUT2D eigenvalue weighted by Gasteiger charge is -2.43. The molecule has 3 nitrogen and oxygen atoms in total. The summed E-state index contributed by atoms with van der Waals surface area (Å²) in [6.07, 6.45) is -1.35. The van der Waals surface area contributed by atoms with Crippen LogP contribution in [-0.4, -0.2) is 32.9 Å². The molecule has 1 aliphatic carbocycles. The third kappa shape index (κ3) is 3.95. The number of fused-ring (bicyclic) bond motifs is 2. The van der Waals surface area contributed by atoms with Gasteiger partial charge in [-0.05, 0) is 60.6 Å². The van der Waals surface area contributed by atoms with Gasteiger partial charge in [0, 0.05) is 13.1 Å². The van der Waals surface area contributed by atoms with E-state index in [0.29, 0.717) is 36.0 Å². The summed E-state index contributed by atoms with van der Waals surface area (Å²) in [4.78, 5) is 0. The molecule has 0 radical (unpaired) electrons. The highest BCUT2D eigenvalue weighted by atomic mass is 19.4. The van der Waals surface area contributed by atoms with Crippen LogP contribution in [0.5, 0.6) is 5.75 Å². The molecule has 138 valence electrons. The first-order valence-corrected chi connectivity index (χ1v) is 9.12. The van der Waals surface area contributed by atoms with Crippen molar-refractivity contribution in [3.05, 3.63) is 29.3 Å². The first-order valence-electron chi connectivity index (χ1n) is 9.12. The molecule has 0 amide bonds. The number of hydrogen-bond donors (Lipinski definition) is 1. The Morgan fingerprint density at radius 3 is 2.48 bits per heavy atom. The van der Waals surface area contributed by atoms with E-state index in [4.69, 9.17) is 9.47 Å². The highest BCUT2D eigenvalue weighted by Crippen LogP contribution is 2.38. The first kappa shape index (κ1) is 17.2. The normalized spacial score (nSPS) is 29.5. The average Bonchev–Trinajstić information content (AvgIpc) is 3.37. The Kier molecular flexibility index (Phi) is 4.67. The molecule has 3 atom stereocenters. The van der Waals surface area contributed by atoms with Crippen molar-refractivity contribution in [1.82, 2.24) is 5.32 Å². The monoisotopic (exact) mass is 355 g/mol. The molecule has 1 aromatic carbocycles. The van der Waals surface area contributed by atoms with Crippen LogP contribution in [0, 0.1) is 23.7 Å². The third-order valence-electron chi connectivity index (χ3n) is 5.71. The Bertz CT molecular complexity index is 593. The number of ether oxygens (including phenoxy) is 2. The minimum Gasteiger partial charge on any atom is -0.493 e. The topological polar surface area (TPSA) is 30.5 Å². The first-order chi connectivity index (χ1) is 12.0. The van der Waals surface area contributed by atoms with Crippen molar-refractivity contribution in [1.29, 1.82) is 0 Å². The lowest BCUT2D eigenvalue weighted by atomic mass is 9.74. The minimum absolute atomic E-state index is 0.416. The molecule has 1 aromatic rings. The van der Waals surface area contributed by atoms with E-state index in [9.17, 15) is 13.2 Å². The maximum atomic E-state index is 13.1. The molecule has 3 aliphatic rings. The molecule has 2 heterocycles. The molecule has 25 heavy (non-hydrogen) atoms. The molecule has 0 aromatic heterocycles. The Morgan fingerprint density at radius 2 is 1.84 bits per heavy atom. The van der Waals surface area contributed by atoms with Crippen molar-refractivity contribution in [2.75, 3.05) is 32.9 Å². The molecular weight excluding hydrogens is 331 g/mol. The van der Waals surface area contributed by atoms with Crippen LogP contribution in [0.3, 0.4) is 0 Å². The summed E-state index contributed by atoms with van der Waals surface area (Å²) < 4.78 is 50.7. The molecule has 3 fully saturated rings. The molecule has 0 spiro atoms. The van der Waals surface area contributed by atoms with Crippen LogP contribution in [0.1, 0.15) is 24.0 Å². The Balaban J connectivity index is 1.56. The number of alkyl halides is 3. The zero-order valence-electron chi connectivity index (χ0n) is 14.1. The number of nitrogens with one attached hydrogen (secondary N) is 1. The Morgan fingerprint density at radius 1 is 1.12 bits per heavy atom. The second kappa shape index (κ2) is 6.80. The quantitative estimate of drug-likeness (QED) is 0.877. The van der Waals surface area contributed by atoms with E-state index >= 15 is 0 Å². The largest absolute Gasteiger partial charge is 0.493 e. The van der Waals surface area contributed by atoms with Crippen molar-refractivity contribution < 1.29 is 22.6 Å². The summed E-state index contributed by atoms with van der Waals surface area (Å²) in [6, 6.07) is 3.99. The Labute approximate surface area is 145 Å². The molecule has 2 bridgehead atoms. The summed E-state index contributed by atoms with van der Waals surface area (Å²) in [5, 5.41) is 3.43. The summed E-state index contributed by atoms with van der Waals surface area (Å²) in [7, 11) is 0. The summed E-state index contributed by atoms with van der Waals surface area (Å²) in [5.41, 5.74) is 0.272. The van der Waals surface area contributed by atoms with Gasteiger partial charge in [-0.1, -0.05) is 6.07 Å². The van der Waals surface area contributed by atoms with Crippen LogP contribution in [0.25, 0.3) is 0 Å². The fourth-order valence-corrected chi connectivity index (χ4v) is 3.99. The lowest BCUT2D eigenvalue weighted by Crippen LogP contribution is -2.51. The average molecular weight is 355 g/mol. The summed E-state index contributed by atoms with van der Waals surface area (Å²) in [6.45, 7) is 3.82. The SMILES string of the molecule is FC(F)(F)c1ccc(CC2[C@@H]3CNC[C@H]2COC3)c(OCC2CC2)c1. The molecule has 4 rings (SSSR count). The second-order valence-corrected chi connectivity index (χ2v) is 7.66. The van der Waals surface area contributed by atoms with Crippen LogP contribution in [0.15, 0.2) is 18.2 Å². The van der Waals surface area contributed by atoms with Crippen molar-refractivity contribution in [3.63, 3.8) is 0 Å². The van der Waals surface area contributed by atoms with Gasteiger partial charge in [-0.2, -0.15) is 13.2 Å². The van der Waals surface area contributed by atoms with E-state index in [1.54, 1.807) is 6.07 Å². The smallest absolute Gasteiger partial charge is 0.416 e. The fourth-order valence-electron chi connectivity index (χ4n) is 3.99. The number of hydrogen-bond acceptors (Lipinski definition) is 3. The van der Waals surface area contributed by atoms with Gasteiger partial charge in [0.2, 0.25) is 0 Å². The lowest BCUT2D eigenvalue weighted by molar-refractivity contribution is -0.137. The summed E-state index contributed by atoms with van der Waals surface area (Å²) in [5.74, 6) is 2.21. The molecule has 1 N–H and O–H groups in total. The van der Waals surface area contributed by atoms with Gasteiger partial charge in [-0.25, -0.2) is 0 Å². The van der Waals surface area contributed by atoms with E-state index in [-0.39, 0.29) is 0 Å². The van der Waals surface area contributed by atoms with Crippen molar-refractivity contribution in [2.45, 2.75) is 25.4 Å². The maximum absolute atomic E-state index is 13.1. The number of rotatable bonds is 5. The van der Waals surface area contributed by atoms with Crippen LogP contribution < -0.4 is 10.1 Å². The van der Waals surface area contributed by atoms with Gasteiger partial charge < -0.3 is 14.8 Å². The van der Waals surface area contributed by atoms with E-state index in [2.05, 4.69) is 5.32 Å². The fraction of sp³-hybridized carbons (Fsp3) is 0.684. The molecule has 6 heteroatoms. The van der Waals surface area contributed by atoms with Crippen molar-refractivity contribution >= 4 is 0 Å². The number of piperidine rings is 1. The van der Waals surface area contributed by atoms with Crippen molar-refractivity contribution in [2.24, 2.45) is 23.7 Å². The number of benzene rings is 1. The minimum atomic E-state index is -4.34. The molecule has 2 saturated heterocycles. The van der Waals surface area contributed by atoms with E-state index in [0.717, 1.165) is 51.1 Å². The molecule has 1 unspecified atom stereocenters. The zero-order valence-corrected chi connectivity index (χ0v) is 14.1. The van der Waals surface area contributed by atoms with Gasteiger partial charge in [-0.3, -0.25) is 0 Å². The molecule has 1 saturated carbocycles. The Hall–Kier alpha value is -1.27. The van der Waals surface area contributed by atoms with E-state index in [1.807, 2.05) is 0 Å². The van der Waals surface area contributed by atoms with Crippen LogP contribution >= 0.6 is 0 Å². The third-order valence-corrected chi connectivity index (χ3v) is 5.71. The predicted octanol–water partition coefficient (Wildman–Crippen LogP) is 3.52. The van der Waals surface area contributed by atoms with Crippen molar-refractivity contribution in [3.8, 4) is 5.75 Å². The van der Waals surface area contributed by atoms with Gasteiger partial charge >= 0.3 is 6.18 Å². The van der Waals surface area contributed by atoms with Gasteiger partial charge in [0.15, 0.2) is 0 Å². The summed E-state index contributed by atoms with van der Waals surface area (Å²) >= 11 is 0. The zero-order chi connectivity index (χ0) is 17.4. The predicted molar refractivity (Wildman–Crippen MR) is 87.5 cm³/mol. The van der Waals surface area contributed by atoms with Crippen LogP contribution in [-0.2, 0) is 17.3 Å². The van der Waals surface area contributed by atoms with Crippen LogP contribution in [0.4, 0.5) is 13.2 Å². The van der Waals surface area contributed by atoms with Gasteiger partial charge in [0.25, 0.3) is 0 Å². The number of halogens is 3. The van der Waals surface area contributed by atoms with Crippen LogP contribution in [0.2, 0.25) is 0 Å². The van der Waals surface area contributed by atoms with Gasteiger partial charge in [0.1, 0.15) is 5.75 Å². The standard InChI is InChI=1S/C19H24F3NO2/c20-19(21,22)16-4-3-13(18(6-16)25-9-12-1-2-12)5-17-14-7-23-8-15(17)11-24-10-14/h3-4,6,12,14-15,17,23H,1-2,5,7-11H2/t14-,15+,17?. The van der Waals surface area contributed by atoms with E-state index in [1.165, 1.54) is 12.1 Å². The van der Waals surface area contributed by atoms with E-state index < -0.39 is 11.7 Å². The highest BCUT2D eigenvalue weighted by molar-refractivity contribution is 5.39. The maximum Gasteiger partial charge on any atom is 0.416 e. The van der Waals surface area contributed by atoms with Gasteiger partial charge in [0.05, 0.1) is 25.4 Å². The second-order valence-electron chi connectivity index (χ2n) is 7.66. The highest BCUT2D eigenvalue weighted by Gasteiger charge is 2.38. The molecular formula is C19H24F3NO2. The molecule has 2 aliphatic heterocycles. The van der Waals surface area contributed by atoms with Gasteiger partial charge in [-0.15, -0.1) is 0 Å².